The monoisotopic (exact) mass is 254 g/mol. The van der Waals surface area contributed by atoms with Crippen LogP contribution >= 0.6 is 0 Å². The molecule has 5 nitrogen and oxygen atoms in total. The Morgan fingerprint density at radius 2 is 2.16 bits per heavy atom. The molecule has 3 aromatic rings. The van der Waals surface area contributed by atoms with Crippen molar-refractivity contribution in [1.82, 2.24) is 20.5 Å². The van der Waals surface area contributed by atoms with Crippen LogP contribution in [0.5, 0.6) is 0 Å². The van der Waals surface area contributed by atoms with Crippen molar-refractivity contribution < 1.29 is 4.79 Å². The smallest absolute Gasteiger partial charge is 0.268 e. The molecule has 19 heavy (non-hydrogen) atoms. The lowest BCUT2D eigenvalue weighted by Crippen LogP contribution is -2.23. The fourth-order valence-electron chi connectivity index (χ4n) is 2.03. The number of hydrogen-bond acceptors (Lipinski definition) is 2. The van der Waals surface area contributed by atoms with Crippen molar-refractivity contribution in [3.05, 3.63) is 53.5 Å². The van der Waals surface area contributed by atoms with Gasteiger partial charge in [-0.2, -0.15) is 5.10 Å². The summed E-state index contributed by atoms with van der Waals surface area (Å²) in [5.41, 5.74) is 3.33. The van der Waals surface area contributed by atoms with Crippen molar-refractivity contribution in [1.29, 1.82) is 0 Å². The highest BCUT2D eigenvalue weighted by Gasteiger charge is 2.09. The molecule has 0 atom stereocenters. The summed E-state index contributed by atoms with van der Waals surface area (Å²) in [4.78, 5) is 15.1. The summed E-state index contributed by atoms with van der Waals surface area (Å²) in [5.74, 6) is -0.128. The highest BCUT2D eigenvalue weighted by molar-refractivity contribution is 5.97. The van der Waals surface area contributed by atoms with Crippen LogP contribution < -0.4 is 5.32 Å². The number of fused-ring (bicyclic) bond motifs is 1. The van der Waals surface area contributed by atoms with Crippen LogP contribution in [0.1, 0.15) is 21.9 Å². The van der Waals surface area contributed by atoms with E-state index in [2.05, 4.69) is 20.5 Å². The maximum Gasteiger partial charge on any atom is 0.268 e. The molecule has 0 aliphatic carbocycles. The van der Waals surface area contributed by atoms with Gasteiger partial charge in [-0.1, -0.05) is 18.2 Å². The highest BCUT2D eigenvalue weighted by Crippen LogP contribution is 2.14. The number of para-hydroxylation sites is 1. The van der Waals surface area contributed by atoms with Gasteiger partial charge in [0.2, 0.25) is 0 Å². The summed E-state index contributed by atoms with van der Waals surface area (Å²) < 4.78 is 0. The molecule has 2 aromatic heterocycles. The summed E-state index contributed by atoms with van der Waals surface area (Å²) in [6.07, 6.45) is 0. The first kappa shape index (κ1) is 11.5. The van der Waals surface area contributed by atoms with Gasteiger partial charge in [0.15, 0.2) is 0 Å². The number of carbonyl (C=O) groups excluding carboxylic acids is 1. The van der Waals surface area contributed by atoms with Crippen molar-refractivity contribution in [2.45, 2.75) is 13.5 Å². The number of carbonyl (C=O) groups is 1. The molecule has 1 aromatic carbocycles. The molecule has 0 unspecified atom stereocenters. The molecular weight excluding hydrogens is 240 g/mol. The van der Waals surface area contributed by atoms with E-state index < -0.39 is 0 Å². The average Bonchev–Trinajstić information content (AvgIpc) is 3.01. The van der Waals surface area contributed by atoms with E-state index in [0.717, 1.165) is 22.3 Å². The van der Waals surface area contributed by atoms with Gasteiger partial charge in [0, 0.05) is 16.6 Å². The highest BCUT2D eigenvalue weighted by atomic mass is 16.1. The zero-order valence-electron chi connectivity index (χ0n) is 10.5. The van der Waals surface area contributed by atoms with Crippen LogP contribution in [0.4, 0.5) is 0 Å². The predicted molar refractivity (Wildman–Crippen MR) is 72.8 cm³/mol. The van der Waals surface area contributed by atoms with Crippen LogP contribution in [-0.2, 0) is 6.54 Å². The first-order valence-corrected chi connectivity index (χ1v) is 6.09. The van der Waals surface area contributed by atoms with Crippen molar-refractivity contribution in [3.63, 3.8) is 0 Å². The van der Waals surface area contributed by atoms with Crippen LogP contribution in [0.25, 0.3) is 10.9 Å². The molecule has 1 amide bonds. The third-order valence-corrected chi connectivity index (χ3v) is 2.96. The first-order chi connectivity index (χ1) is 9.22. The minimum absolute atomic E-state index is 0.128. The molecule has 0 aliphatic heterocycles. The molecule has 0 aliphatic rings. The van der Waals surface area contributed by atoms with Crippen molar-refractivity contribution in [2.75, 3.05) is 0 Å². The van der Waals surface area contributed by atoms with Gasteiger partial charge >= 0.3 is 0 Å². The zero-order valence-corrected chi connectivity index (χ0v) is 10.5. The van der Waals surface area contributed by atoms with E-state index in [4.69, 9.17) is 0 Å². The maximum absolute atomic E-state index is 12.0. The number of nitrogens with zero attached hydrogens (tertiary/aromatic N) is 1. The Balaban J connectivity index is 1.73. The van der Waals surface area contributed by atoms with Crippen LogP contribution in [0.2, 0.25) is 0 Å². The predicted octanol–water partition coefficient (Wildman–Crippen LogP) is 2.13. The number of nitrogens with one attached hydrogen (secondary N) is 3. The van der Waals surface area contributed by atoms with Gasteiger partial charge < -0.3 is 10.3 Å². The van der Waals surface area contributed by atoms with Crippen molar-refractivity contribution in [3.8, 4) is 0 Å². The van der Waals surface area contributed by atoms with Crippen LogP contribution in [0.3, 0.4) is 0 Å². The van der Waals surface area contributed by atoms with Gasteiger partial charge in [-0.05, 0) is 25.1 Å². The quantitative estimate of drug-likeness (QED) is 0.670. The third kappa shape index (κ3) is 2.35. The van der Waals surface area contributed by atoms with Gasteiger partial charge in [0.05, 0.1) is 12.2 Å². The van der Waals surface area contributed by atoms with Crippen LogP contribution in [0.15, 0.2) is 36.4 Å². The second-order valence-electron chi connectivity index (χ2n) is 4.50. The van der Waals surface area contributed by atoms with E-state index in [1.54, 1.807) is 0 Å². The van der Waals surface area contributed by atoms with Gasteiger partial charge in [0.1, 0.15) is 5.69 Å². The van der Waals surface area contributed by atoms with Crippen molar-refractivity contribution >= 4 is 16.8 Å². The summed E-state index contributed by atoms with van der Waals surface area (Å²) in [5, 5.41) is 10.8. The van der Waals surface area contributed by atoms with Gasteiger partial charge in [-0.3, -0.25) is 9.89 Å². The van der Waals surface area contributed by atoms with Gasteiger partial charge in [0.25, 0.3) is 5.91 Å². The van der Waals surface area contributed by atoms with E-state index in [9.17, 15) is 4.79 Å². The number of benzene rings is 1. The second kappa shape index (κ2) is 4.61. The molecule has 96 valence electrons. The number of H-pyrrole nitrogens is 2. The number of aryl methyl sites for hydroxylation is 1. The molecule has 0 saturated heterocycles. The zero-order chi connectivity index (χ0) is 13.2. The second-order valence-corrected chi connectivity index (χ2v) is 4.50. The molecule has 3 rings (SSSR count). The average molecular weight is 254 g/mol. The Labute approximate surface area is 110 Å². The lowest BCUT2D eigenvalue weighted by molar-refractivity contribution is 0.0946. The van der Waals surface area contributed by atoms with Crippen LogP contribution in [-0.4, -0.2) is 21.1 Å². The third-order valence-electron chi connectivity index (χ3n) is 2.96. The van der Waals surface area contributed by atoms with Crippen molar-refractivity contribution in [2.24, 2.45) is 0 Å². The first-order valence-electron chi connectivity index (χ1n) is 6.09. The van der Waals surface area contributed by atoms with Crippen LogP contribution in [0, 0.1) is 6.92 Å². The molecular formula is C14H14N4O. The minimum Gasteiger partial charge on any atom is -0.351 e. The molecule has 0 bridgehead atoms. The Morgan fingerprint density at radius 3 is 2.89 bits per heavy atom. The van der Waals surface area contributed by atoms with E-state index in [1.165, 1.54) is 0 Å². The Hall–Kier alpha value is -2.56. The molecule has 3 N–H and O–H groups in total. The topological polar surface area (TPSA) is 73.6 Å². The largest absolute Gasteiger partial charge is 0.351 e. The minimum atomic E-state index is -0.128. The summed E-state index contributed by atoms with van der Waals surface area (Å²) >= 11 is 0. The molecule has 2 heterocycles. The number of aromatic nitrogens is 3. The normalized spacial score (nSPS) is 10.8. The summed E-state index contributed by atoms with van der Waals surface area (Å²) in [6, 6.07) is 11.6. The Kier molecular flexibility index (Phi) is 2.79. The number of hydrogen-bond donors (Lipinski definition) is 3. The lowest BCUT2D eigenvalue weighted by Gasteiger charge is -2.00. The van der Waals surface area contributed by atoms with Gasteiger partial charge in [-0.25, -0.2) is 0 Å². The molecule has 0 spiro atoms. The molecule has 0 saturated carbocycles. The Bertz CT molecular complexity index is 693. The van der Waals surface area contributed by atoms with E-state index >= 15 is 0 Å². The fourth-order valence-corrected chi connectivity index (χ4v) is 2.03. The van der Waals surface area contributed by atoms with E-state index in [-0.39, 0.29) is 5.91 Å². The maximum atomic E-state index is 12.0. The number of amides is 1. The molecule has 0 radical (unpaired) electrons. The molecule has 5 heteroatoms. The SMILES string of the molecule is Cc1cc(CNC(=O)c2cc3ccccc3[nH]2)n[nH]1. The fraction of sp³-hybridized carbons (Fsp3) is 0.143. The number of aromatic amines is 2. The van der Waals surface area contributed by atoms with E-state index in [0.29, 0.717) is 12.2 Å². The van der Waals surface area contributed by atoms with E-state index in [1.807, 2.05) is 43.3 Å². The number of rotatable bonds is 3. The summed E-state index contributed by atoms with van der Waals surface area (Å²) in [6.45, 7) is 2.34. The Morgan fingerprint density at radius 1 is 1.32 bits per heavy atom. The molecule has 0 fully saturated rings. The standard InChI is InChI=1S/C14H14N4O/c1-9-6-11(18-17-9)8-15-14(19)13-7-10-4-2-3-5-12(10)16-13/h2-7,16H,8H2,1H3,(H,15,19)(H,17,18). The summed E-state index contributed by atoms with van der Waals surface area (Å²) in [7, 11) is 0. The lowest BCUT2D eigenvalue weighted by atomic mass is 10.2. The van der Waals surface area contributed by atoms with Gasteiger partial charge in [-0.15, -0.1) is 0 Å².